The third-order valence-corrected chi connectivity index (χ3v) is 5.96. The van der Waals surface area contributed by atoms with Crippen molar-refractivity contribution < 1.29 is 18.9 Å². The highest BCUT2D eigenvalue weighted by Crippen LogP contribution is 2.39. The molecule has 1 fully saturated rings. The number of fused-ring (bicyclic) bond motifs is 1. The predicted octanol–water partition coefficient (Wildman–Crippen LogP) is 2.83. The summed E-state index contributed by atoms with van der Waals surface area (Å²) in [6.07, 6.45) is 3.60. The van der Waals surface area contributed by atoms with Crippen LogP contribution < -0.4 is 19.5 Å². The van der Waals surface area contributed by atoms with E-state index in [2.05, 4.69) is 31.3 Å². The van der Waals surface area contributed by atoms with Crippen LogP contribution in [0, 0.1) is 6.92 Å². The molecule has 1 saturated heterocycles. The lowest BCUT2D eigenvalue weighted by Crippen LogP contribution is -2.36. The zero-order chi connectivity index (χ0) is 24.4. The van der Waals surface area contributed by atoms with Crippen LogP contribution in [0.1, 0.15) is 11.5 Å². The van der Waals surface area contributed by atoms with Gasteiger partial charge >= 0.3 is 0 Å². The molecule has 0 atom stereocenters. The lowest BCUT2D eigenvalue weighted by molar-refractivity contribution is 0.0334. The van der Waals surface area contributed by atoms with E-state index in [1.54, 1.807) is 27.7 Å². The van der Waals surface area contributed by atoms with Gasteiger partial charge in [-0.25, -0.2) is 14.5 Å². The Morgan fingerprint density at radius 1 is 1.03 bits per heavy atom. The molecule has 4 heterocycles. The van der Waals surface area contributed by atoms with E-state index in [-0.39, 0.29) is 0 Å². The van der Waals surface area contributed by atoms with E-state index >= 15 is 0 Å². The van der Waals surface area contributed by atoms with Crippen LogP contribution in [0.4, 0.5) is 11.6 Å². The minimum Gasteiger partial charge on any atom is -0.493 e. The SMILES string of the molecule is COc1cc(-n2cnc(Nc3nc(C)nn4c(CN5CCOCC5)ccc34)c2)cc(OC)c1OC. The zero-order valence-corrected chi connectivity index (χ0v) is 20.3. The molecular weight excluding hydrogens is 450 g/mol. The summed E-state index contributed by atoms with van der Waals surface area (Å²) < 4.78 is 25.7. The molecule has 1 N–H and O–H groups in total. The van der Waals surface area contributed by atoms with Gasteiger partial charge in [-0.1, -0.05) is 0 Å². The summed E-state index contributed by atoms with van der Waals surface area (Å²) in [6.45, 7) is 6.06. The van der Waals surface area contributed by atoms with E-state index in [4.69, 9.17) is 18.9 Å². The molecule has 4 aromatic rings. The maximum atomic E-state index is 5.48. The molecule has 0 saturated carbocycles. The van der Waals surface area contributed by atoms with E-state index in [1.807, 2.05) is 40.4 Å². The van der Waals surface area contributed by atoms with Crippen molar-refractivity contribution in [1.82, 2.24) is 29.0 Å². The molecule has 35 heavy (non-hydrogen) atoms. The smallest absolute Gasteiger partial charge is 0.203 e. The summed E-state index contributed by atoms with van der Waals surface area (Å²) in [5, 5.41) is 8.00. The van der Waals surface area contributed by atoms with Crippen LogP contribution >= 0.6 is 0 Å². The predicted molar refractivity (Wildman–Crippen MR) is 130 cm³/mol. The van der Waals surface area contributed by atoms with Crippen LogP contribution in [0.3, 0.4) is 0 Å². The number of imidazole rings is 1. The van der Waals surface area contributed by atoms with Gasteiger partial charge in [0, 0.05) is 31.8 Å². The summed E-state index contributed by atoms with van der Waals surface area (Å²) in [6, 6.07) is 7.86. The van der Waals surface area contributed by atoms with Crippen molar-refractivity contribution in [2.45, 2.75) is 13.5 Å². The normalized spacial score (nSPS) is 14.3. The first-order chi connectivity index (χ1) is 17.1. The van der Waals surface area contributed by atoms with E-state index in [9.17, 15) is 0 Å². The number of aromatic nitrogens is 5. The summed E-state index contributed by atoms with van der Waals surface area (Å²) in [5.41, 5.74) is 2.82. The minimum absolute atomic E-state index is 0.539. The zero-order valence-electron chi connectivity index (χ0n) is 20.3. The highest BCUT2D eigenvalue weighted by atomic mass is 16.5. The Kier molecular flexibility index (Phi) is 6.43. The van der Waals surface area contributed by atoms with Crippen molar-refractivity contribution in [3.8, 4) is 22.9 Å². The molecule has 11 nitrogen and oxygen atoms in total. The standard InChI is InChI=1S/C24H29N7O4/c1-16-26-24(19-6-5-17(31(19)28-16)13-29-7-9-35-10-8-29)27-22-14-30(15-25-22)18-11-20(32-2)23(34-4)21(12-18)33-3/h5-6,11-12,14-15H,7-10,13H2,1-4H3,(H,26,27,28). The maximum Gasteiger partial charge on any atom is 0.203 e. The third-order valence-electron chi connectivity index (χ3n) is 5.96. The molecule has 0 amide bonds. The van der Waals surface area contributed by atoms with Gasteiger partial charge in [0.1, 0.15) is 23.5 Å². The average molecular weight is 480 g/mol. The van der Waals surface area contributed by atoms with Gasteiger partial charge < -0.3 is 28.8 Å². The van der Waals surface area contributed by atoms with Gasteiger partial charge in [0.2, 0.25) is 5.75 Å². The van der Waals surface area contributed by atoms with Crippen molar-refractivity contribution in [2.75, 3.05) is 52.9 Å². The summed E-state index contributed by atoms with van der Waals surface area (Å²) in [5.74, 6) is 3.69. The highest BCUT2D eigenvalue weighted by molar-refractivity contribution is 5.72. The number of hydrogen-bond acceptors (Lipinski definition) is 9. The van der Waals surface area contributed by atoms with Gasteiger partial charge in [-0.2, -0.15) is 5.10 Å². The number of morpholine rings is 1. The van der Waals surface area contributed by atoms with Crippen LogP contribution in [-0.4, -0.2) is 76.7 Å². The molecule has 0 aliphatic carbocycles. The molecule has 184 valence electrons. The van der Waals surface area contributed by atoms with E-state index in [0.29, 0.717) is 34.7 Å². The molecule has 3 aromatic heterocycles. The van der Waals surface area contributed by atoms with E-state index in [1.165, 1.54) is 0 Å². The third kappa shape index (κ3) is 4.60. The number of hydrogen-bond donors (Lipinski definition) is 1. The molecule has 0 bridgehead atoms. The van der Waals surface area contributed by atoms with Gasteiger partial charge in [0.05, 0.1) is 52.1 Å². The Labute approximate surface area is 203 Å². The second-order valence-electron chi connectivity index (χ2n) is 8.19. The number of aryl methyl sites for hydroxylation is 1. The number of methoxy groups -OCH3 is 3. The van der Waals surface area contributed by atoms with Crippen LogP contribution in [0.2, 0.25) is 0 Å². The topological polar surface area (TPSA) is 100 Å². The quantitative estimate of drug-likeness (QED) is 0.409. The maximum absolute atomic E-state index is 5.48. The van der Waals surface area contributed by atoms with E-state index < -0.39 is 0 Å². The van der Waals surface area contributed by atoms with Gasteiger partial charge in [-0.05, 0) is 19.1 Å². The Bertz CT molecular complexity index is 1300. The monoisotopic (exact) mass is 479 g/mol. The first-order valence-corrected chi connectivity index (χ1v) is 11.4. The number of nitrogens with one attached hydrogen (secondary N) is 1. The van der Waals surface area contributed by atoms with Crippen LogP contribution in [-0.2, 0) is 11.3 Å². The lowest BCUT2D eigenvalue weighted by atomic mass is 10.2. The molecule has 0 radical (unpaired) electrons. The fourth-order valence-electron chi connectivity index (χ4n) is 4.22. The molecule has 1 aromatic carbocycles. The van der Waals surface area contributed by atoms with Crippen LogP contribution in [0.5, 0.6) is 17.2 Å². The fraction of sp³-hybridized carbons (Fsp3) is 0.375. The Hall–Kier alpha value is -3.83. The van der Waals surface area contributed by atoms with Gasteiger partial charge in [-0.3, -0.25) is 4.90 Å². The average Bonchev–Trinajstić information content (AvgIpc) is 3.51. The van der Waals surface area contributed by atoms with E-state index in [0.717, 1.165) is 49.7 Å². The summed E-state index contributed by atoms with van der Waals surface area (Å²) in [7, 11) is 4.77. The molecular formula is C24H29N7O4. The van der Waals surface area contributed by atoms with Gasteiger partial charge in [0.25, 0.3) is 0 Å². The summed E-state index contributed by atoms with van der Waals surface area (Å²) in [4.78, 5) is 11.5. The molecule has 1 aliphatic rings. The minimum atomic E-state index is 0.539. The second-order valence-corrected chi connectivity index (χ2v) is 8.19. The fourth-order valence-corrected chi connectivity index (χ4v) is 4.22. The first kappa shape index (κ1) is 22.9. The number of anilines is 2. The summed E-state index contributed by atoms with van der Waals surface area (Å²) >= 11 is 0. The van der Waals surface area contributed by atoms with Gasteiger partial charge in [-0.15, -0.1) is 0 Å². The van der Waals surface area contributed by atoms with Gasteiger partial charge in [0.15, 0.2) is 17.3 Å². The van der Waals surface area contributed by atoms with Crippen LogP contribution in [0.15, 0.2) is 36.8 Å². The first-order valence-electron chi connectivity index (χ1n) is 11.4. The largest absolute Gasteiger partial charge is 0.493 e. The molecule has 11 heteroatoms. The number of nitrogens with zero attached hydrogens (tertiary/aromatic N) is 6. The Balaban J connectivity index is 1.42. The van der Waals surface area contributed by atoms with Crippen molar-refractivity contribution in [2.24, 2.45) is 0 Å². The van der Waals surface area contributed by atoms with Crippen molar-refractivity contribution in [3.05, 3.63) is 48.3 Å². The molecule has 0 unspecified atom stereocenters. The number of ether oxygens (including phenoxy) is 4. The van der Waals surface area contributed by atoms with Crippen molar-refractivity contribution >= 4 is 17.2 Å². The number of rotatable bonds is 8. The van der Waals surface area contributed by atoms with Crippen molar-refractivity contribution in [3.63, 3.8) is 0 Å². The van der Waals surface area contributed by atoms with Crippen LogP contribution in [0.25, 0.3) is 11.2 Å². The number of benzene rings is 1. The molecule has 5 rings (SSSR count). The highest BCUT2D eigenvalue weighted by Gasteiger charge is 2.17. The van der Waals surface area contributed by atoms with Crippen molar-refractivity contribution in [1.29, 1.82) is 0 Å². The Morgan fingerprint density at radius 3 is 2.46 bits per heavy atom. The molecule has 0 spiro atoms. The lowest BCUT2D eigenvalue weighted by Gasteiger charge is -2.26. The Morgan fingerprint density at radius 2 is 1.77 bits per heavy atom. The molecule has 1 aliphatic heterocycles. The second kappa shape index (κ2) is 9.80.